The lowest BCUT2D eigenvalue weighted by atomic mass is 10.0. The summed E-state index contributed by atoms with van der Waals surface area (Å²) in [5, 5.41) is 4.21. The molecule has 0 heterocycles. The van der Waals surface area contributed by atoms with Gasteiger partial charge in [0.25, 0.3) is 0 Å². The van der Waals surface area contributed by atoms with E-state index < -0.39 is 0 Å². The maximum atomic E-state index is 6.24. The minimum atomic E-state index is 0.0675. The summed E-state index contributed by atoms with van der Waals surface area (Å²) in [6.45, 7) is 4.10. The molecule has 1 unspecified atom stereocenters. The van der Waals surface area contributed by atoms with Crippen molar-refractivity contribution in [3.63, 3.8) is 0 Å². The fraction of sp³-hybridized carbons (Fsp3) is 0.188. The van der Waals surface area contributed by atoms with Crippen LogP contribution >= 0.6 is 23.8 Å². The summed E-state index contributed by atoms with van der Waals surface area (Å²) >= 11 is 11.4. The number of aryl methyl sites for hydroxylation is 1. The molecule has 2 rings (SSSR count). The van der Waals surface area contributed by atoms with Crippen molar-refractivity contribution in [1.29, 1.82) is 0 Å². The lowest BCUT2D eigenvalue weighted by Crippen LogP contribution is -2.16. The Labute approximate surface area is 130 Å². The minimum Gasteiger partial charge on any atom is -0.389 e. The molecule has 3 N–H and O–H groups in total. The van der Waals surface area contributed by atoms with Crippen LogP contribution in [-0.4, -0.2) is 4.99 Å². The van der Waals surface area contributed by atoms with E-state index in [0.29, 0.717) is 4.99 Å². The number of hydrogen-bond donors (Lipinski definition) is 2. The van der Waals surface area contributed by atoms with E-state index in [1.807, 2.05) is 49.4 Å². The summed E-state index contributed by atoms with van der Waals surface area (Å²) in [5.41, 5.74) is 9.77. The Kier molecular flexibility index (Phi) is 4.63. The molecule has 0 saturated heterocycles. The van der Waals surface area contributed by atoms with Crippen molar-refractivity contribution in [1.82, 2.24) is 0 Å². The van der Waals surface area contributed by atoms with Gasteiger partial charge in [-0.2, -0.15) is 0 Å². The predicted octanol–water partition coefficient (Wildman–Crippen LogP) is 4.46. The monoisotopic (exact) mass is 304 g/mol. The number of rotatable bonds is 4. The van der Waals surface area contributed by atoms with E-state index in [0.717, 1.165) is 27.4 Å². The van der Waals surface area contributed by atoms with Crippen molar-refractivity contribution in [3.8, 4) is 0 Å². The highest BCUT2D eigenvalue weighted by molar-refractivity contribution is 7.80. The summed E-state index contributed by atoms with van der Waals surface area (Å²) in [4.78, 5) is 0.391. The van der Waals surface area contributed by atoms with Crippen LogP contribution in [0.25, 0.3) is 0 Å². The molecule has 0 amide bonds. The number of halogens is 1. The second kappa shape index (κ2) is 6.25. The van der Waals surface area contributed by atoms with Gasteiger partial charge < -0.3 is 11.1 Å². The molecule has 104 valence electrons. The van der Waals surface area contributed by atoms with Crippen molar-refractivity contribution >= 4 is 34.5 Å². The first kappa shape index (κ1) is 14.8. The number of nitrogens with one attached hydrogen (secondary N) is 1. The zero-order valence-electron chi connectivity index (χ0n) is 11.5. The molecular weight excluding hydrogens is 288 g/mol. The molecule has 0 fully saturated rings. The minimum absolute atomic E-state index is 0.0675. The Balaban J connectivity index is 2.35. The summed E-state index contributed by atoms with van der Waals surface area (Å²) < 4.78 is 0. The van der Waals surface area contributed by atoms with Crippen molar-refractivity contribution in [2.45, 2.75) is 19.9 Å². The standard InChI is InChI=1S/C16H17ClN2S/c1-10-6-5-8-13(16(18)20)15(10)19-11(2)12-7-3-4-9-14(12)17/h3-9,11,19H,1-2H3,(H2,18,20). The molecule has 0 aliphatic carbocycles. The van der Waals surface area contributed by atoms with Gasteiger partial charge in [0.05, 0.1) is 6.04 Å². The largest absolute Gasteiger partial charge is 0.389 e. The molecule has 0 spiro atoms. The lowest BCUT2D eigenvalue weighted by Gasteiger charge is -2.21. The number of nitrogens with two attached hydrogens (primary N) is 1. The van der Waals surface area contributed by atoms with Gasteiger partial charge in [-0.1, -0.05) is 54.2 Å². The second-order valence-electron chi connectivity index (χ2n) is 4.75. The van der Waals surface area contributed by atoms with Crippen LogP contribution in [0.5, 0.6) is 0 Å². The molecule has 2 nitrogen and oxygen atoms in total. The third-order valence-electron chi connectivity index (χ3n) is 3.27. The highest BCUT2D eigenvalue weighted by atomic mass is 35.5. The van der Waals surface area contributed by atoms with E-state index in [-0.39, 0.29) is 6.04 Å². The molecule has 20 heavy (non-hydrogen) atoms. The molecule has 0 saturated carbocycles. The molecule has 0 aliphatic rings. The van der Waals surface area contributed by atoms with Gasteiger partial charge in [-0.05, 0) is 37.1 Å². The van der Waals surface area contributed by atoms with E-state index in [2.05, 4.69) is 12.2 Å². The third-order valence-corrected chi connectivity index (χ3v) is 3.83. The van der Waals surface area contributed by atoms with Gasteiger partial charge in [0, 0.05) is 16.3 Å². The Morgan fingerprint density at radius 1 is 1.20 bits per heavy atom. The first-order valence-corrected chi connectivity index (χ1v) is 7.19. The lowest BCUT2D eigenvalue weighted by molar-refractivity contribution is 0.882. The number of benzene rings is 2. The van der Waals surface area contributed by atoms with Gasteiger partial charge in [0.15, 0.2) is 0 Å². The third kappa shape index (κ3) is 3.11. The SMILES string of the molecule is Cc1cccc(C(N)=S)c1NC(C)c1ccccc1Cl. The van der Waals surface area contributed by atoms with E-state index in [1.165, 1.54) is 0 Å². The van der Waals surface area contributed by atoms with Crippen LogP contribution in [0.15, 0.2) is 42.5 Å². The molecule has 2 aromatic carbocycles. The highest BCUT2D eigenvalue weighted by Crippen LogP contribution is 2.29. The van der Waals surface area contributed by atoms with E-state index in [9.17, 15) is 0 Å². The molecular formula is C16H17ClN2S. The average molecular weight is 305 g/mol. The Bertz CT molecular complexity index is 640. The van der Waals surface area contributed by atoms with E-state index >= 15 is 0 Å². The quantitative estimate of drug-likeness (QED) is 0.819. The normalized spacial score (nSPS) is 11.9. The molecule has 0 bridgehead atoms. The Morgan fingerprint density at radius 2 is 1.90 bits per heavy atom. The van der Waals surface area contributed by atoms with Crippen molar-refractivity contribution in [3.05, 3.63) is 64.2 Å². The highest BCUT2D eigenvalue weighted by Gasteiger charge is 2.13. The van der Waals surface area contributed by atoms with Crippen LogP contribution in [0.3, 0.4) is 0 Å². The number of para-hydroxylation sites is 1. The van der Waals surface area contributed by atoms with Gasteiger partial charge in [-0.15, -0.1) is 0 Å². The van der Waals surface area contributed by atoms with Gasteiger partial charge >= 0.3 is 0 Å². The van der Waals surface area contributed by atoms with Gasteiger partial charge in [0.2, 0.25) is 0 Å². The van der Waals surface area contributed by atoms with Crippen molar-refractivity contribution in [2.75, 3.05) is 5.32 Å². The first-order chi connectivity index (χ1) is 9.50. The van der Waals surface area contributed by atoms with E-state index in [1.54, 1.807) is 0 Å². The zero-order chi connectivity index (χ0) is 14.7. The van der Waals surface area contributed by atoms with Crippen LogP contribution in [-0.2, 0) is 0 Å². The molecule has 2 aromatic rings. The number of anilines is 1. The Hall–Kier alpha value is -1.58. The zero-order valence-corrected chi connectivity index (χ0v) is 13.1. The molecule has 0 aliphatic heterocycles. The van der Waals surface area contributed by atoms with Crippen LogP contribution in [0.4, 0.5) is 5.69 Å². The fourth-order valence-corrected chi connectivity index (χ4v) is 2.65. The molecule has 0 radical (unpaired) electrons. The molecule has 0 aromatic heterocycles. The Morgan fingerprint density at radius 3 is 2.55 bits per heavy atom. The number of thiocarbonyl (C=S) groups is 1. The summed E-state index contributed by atoms with van der Waals surface area (Å²) in [7, 11) is 0. The van der Waals surface area contributed by atoms with Crippen molar-refractivity contribution < 1.29 is 0 Å². The first-order valence-electron chi connectivity index (χ1n) is 6.41. The molecule has 4 heteroatoms. The maximum Gasteiger partial charge on any atom is 0.106 e. The molecule has 1 atom stereocenters. The van der Waals surface area contributed by atoms with Gasteiger partial charge in [-0.25, -0.2) is 0 Å². The average Bonchev–Trinajstić information content (AvgIpc) is 2.41. The van der Waals surface area contributed by atoms with Crippen LogP contribution in [0.2, 0.25) is 5.02 Å². The van der Waals surface area contributed by atoms with E-state index in [4.69, 9.17) is 29.6 Å². The summed E-state index contributed by atoms with van der Waals surface area (Å²) in [6, 6.07) is 13.8. The van der Waals surface area contributed by atoms with Gasteiger partial charge in [-0.3, -0.25) is 0 Å². The maximum absolute atomic E-state index is 6.24. The van der Waals surface area contributed by atoms with Crippen LogP contribution in [0, 0.1) is 6.92 Å². The smallest absolute Gasteiger partial charge is 0.106 e. The second-order valence-corrected chi connectivity index (χ2v) is 5.60. The van der Waals surface area contributed by atoms with Crippen molar-refractivity contribution in [2.24, 2.45) is 5.73 Å². The fourth-order valence-electron chi connectivity index (χ4n) is 2.19. The van der Waals surface area contributed by atoms with Crippen LogP contribution in [0.1, 0.15) is 29.7 Å². The topological polar surface area (TPSA) is 38.0 Å². The predicted molar refractivity (Wildman–Crippen MR) is 90.6 cm³/mol. The van der Waals surface area contributed by atoms with Crippen LogP contribution < -0.4 is 11.1 Å². The summed E-state index contributed by atoms with van der Waals surface area (Å²) in [6.07, 6.45) is 0. The number of hydrogen-bond acceptors (Lipinski definition) is 2. The van der Waals surface area contributed by atoms with Gasteiger partial charge in [0.1, 0.15) is 4.99 Å². The summed E-state index contributed by atoms with van der Waals surface area (Å²) in [5.74, 6) is 0.